The normalized spacial score (nSPS) is 25.7. The van der Waals surface area contributed by atoms with Gasteiger partial charge in [-0.1, -0.05) is 36.5 Å². The van der Waals surface area contributed by atoms with Crippen LogP contribution >= 0.6 is 0 Å². The molecule has 0 heterocycles. The molecule has 0 bridgehead atoms. The Balaban J connectivity index is 2.67. The zero-order valence-corrected chi connectivity index (χ0v) is 26.4. The summed E-state index contributed by atoms with van der Waals surface area (Å²) >= 11 is 0. The second-order valence-corrected chi connectivity index (χ2v) is 11.2. The van der Waals surface area contributed by atoms with Crippen LogP contribution in [-0.2, 0) is 4.79 Å². The monoisotopic (exact) mass is 552 g/mol. The molecule has 2 aliphatic rings. The molecule has 0 aromatic carbocycles. The minimum Gasteiger partial charge on any atom is -0.392 e. The van der Waals surface area contributed by atoms with E-state index in [0.29, 0.717) is 0 Å². The van der Waals surface area contributed by atoms with Gasteiger partial charge in [-0.05, 0) is 78.1 Å². The van der Waals surface area contributed by atoms with E-state index in [-0.39, 0.29) is 5.78 Å². The van der Waals surface area contributed by atoms with Gasteiger partial charge in [0.05, 0.1) is 10.8 Å². The first-order valence-electron chi connectivity index (χ1n) is 15.0. The molecule has 2 aliphatic carbocycles. The topological polar surface area (TPSA) is 89.2 Å². The molecule has 40 heavy (non-hydrogen) atoms. The van der Waals surface area contributed by atoms with Crippen molar-refractivity contribution in [2.75, 3.05) is 42.3 Å². The van der Waals surface area contributed by atoms with E-state index in [2.05, 4.69) is 82.2 Å². The van der Waals surface area contributed by atoms with Crippen molar-refractivity contribution in [2.45, 2.75) is 78.1 Å². The van der Waals surface area contributed by atoms with Crippen molar-refractivity contribution >= 4 is 5.78 Å². The fourth-order valence-electron chi connectivity index (χ4n) is 6.08. The summed E-state index contributed by atoms with van der Waals surface area (Å²) in [5, 5.41) is 20.4. The van der Waals surface area contributed by atoms with E-state index in [1.54, 1.807) is 0 Å². The highest BCUT2D eigenvalue weighted by Crippen LogP contribution is 2.45. The predicted molar refractivity (Wildman–Crippen MR) is 170 cm³/mol. The lowest BCUT2D eigenvalue weighted by molar-refractivity contribution is -0.134. The van der Waals surface area contributed by atoms with Crippen LogP contribution < -0.4 is 31.9 Å². The van der Waals surface area contributed by atoms with Gasteiger partial charge < -0.3 is 31.9 Å². The number of Topliss-reactive ketones (excluding diaryl/α,β-unsaturated/α-hetero) is 1. The van der Waals surface area contributed by atoms with Gasteiger partial charge in [0.15, 0.2) is 5.78 Å². The molecule has 224 valence electrons. The molecule has 7 nitrogen and oxygen atoms in total. The van der Waals surface area contributed by atoms with Crippen LogP contribution in [0.4, 0.5) is 0 Å². The SMILES string of the molecule is CNC1=CCC=C(NC)C(C)(C(=O)C2(C)CCC(NC)=CCCC(NC)=CCC=C2NC)CCC(NC)=CCC1. The van der Waals surface area contributed by atoms with Crippen molar-refractivity contribution < 1.29 is 4.79 Å². The third-order valence-electron chi connectivity index (χ3n) is 8.78. The van der Waals surface area contributed by atoms with Crippen LogP contribution in [0.1, 0.15) is 78.1 Å². The second kappa shape index (κ2) is 16.2. The maximum Gasteiger partial charge on any atom is 0.156 e. The summed E-state index contributed by atoms with van der Waals surface area (Å²) in [6.45, 7) is 4.28. The summed E-state index contributed by atoms with van der Waals surface area (Å²) in [5.41, 5.74) is 5.39. The van der Waals surface area contributed by atoms with Crippen molar-refractivity contribution in [3.8, 4) is 0 Å². The molecule has 0 radical (unpaired) electrons. The molecular weight excluding hydrogens is 496 g/mol. The van der Waals surface area contributed by atoms with Gasteiger partial charge in [0.25, 0.3) is 0 Å². The lowest BCUT2D eigenvalue weighted by Gasteiger charge is -2.41. The molecule has 0 aromatic heterocycles. The van der Waals surface area contributed by atoms with Gasteiger partial charge in [0.2, 0.25) is 0 Å². The Kier molecular flexibility index (Phi) is 13.4. The van der Waals surface area contributed by atoms with E-state index in [1.807, 2.05) is 42.3 Å². The fraction of sp³-hybridized carbons (Fsp3) is 0.606. The molecule has 0 aromatic rings. The minimum absolute atomic E-state index is 0.247. The molecule has 0 aliphatic heterocycles. The van der Waals surface area contributed by atoms with Crippen molar-refractivity contribution in [3.05, 3.63) is 70.6 Å². The van der Waals surface area contributed by atoms with E-state index in [1.165, 1.54) is 22.8 Å². The first-order chi connectivity index (χ1) is 19.2. The average molecular weight is 553 g/mol. The summed E-state index contributed by atoms with van der Waals surface area (Å²) < 4.78 is 0. The van der Waals surface area contributed by atoms with Crippen LogP contribution in [0.3, 0.4) is 0 Å². The van der Waals surface area contributed by atoms with Gasteiger partial charge in [0, 0.05) is 76.5 Å². The molecule has 0 amide bonds. The lowest BCUT2D eigenvalue weighted by Crippen LogP contribution is -2.47. The summed E-state index contributed by atoms with van der Waals surface area (Å²) in [4.78, 5) is 15.1. The first-order valence-corrected chi connectivity index (χ1v) is 15.0. The fourth-order valence-corrected chi connectivity index (χ4v) is 6.08. The third-order valence-corrected chi connectivity index (χ3v) is 8.78. The van der Waals surface area contributed by atoms with E-state index in [9.17, 15) is 0 Å². The van der Waals surface area contributed by atoms with Crippen molar-refractivity contribution in [1.82, 2.24) is 31.9 Å². The van der Waals surface area contributed by atoms with E-state index < -0.39 is 10.8 Å². The highest BCUT2D eigenvalue weighted by Gasteiger charge is 2.48. The lowest BCUT2D eigenvalue weighted by atomic mass is 9.64. The van der Waals surface area contributed by atoms with Gasteiger partial charge >= 0.3 is 0 Å². The highest BCUT2D eigenvalue weighted by atomic mass is 16.1. The molecular formula is C33H56N6O. The molecule has 0 saturated carbocycles. The number of rotatable bonds is 8. The number of carbonyl (C=O) groups excluding carboxylic acids is 1. The third kappa shape index (κ3) is 8.45. The molecule has 0 spiro atoms. The average Bonchev–Trinajstić information content (AvgIpc) is 2.96. The summed E-state index contributed by atoms with van der Waals surface area (Å²) in [6, 6.07) is 0. The van der Waals surface area contributed by atoms with E-state index in [0.717, 1.165) is 75.6 Å². The Labute approximate surface area is 244 Å². The van der Waals surface area contributed by atoms with Crippen LogP contribution in [0.5, 0.6) is 0 Å². The maximum absolute atomic E-state index is 15.1. The second-order valence-electron chi connectivity index (χ2n) is 11.2. The molecule has 2 unspecified atom stereocenters. The van der Waals surface area contributed by atoms with Crippen LogP contribution in [0.2, 0.25) is 0 Å². The van der Waals surface area contributed by atoms with Gasteiger partial charge in [-0.25, -0.2) is 0 Å². The Bertz CT molecular complexity index is 954. The van der Waals surface area contributed by atoms with Gasteiger partial charge in [-0.2, -0.15) is 0 Å². The number of hydrogen-bond donors (Lipinski definition) is 6. The van der Waals surface area contributed by atoms with Crippen molar-refractivity contribution in [3.63, 3.8) is 0 Å². The van der Waals surface area contributed by atoms with Crippen LogP contribution in [0.25, 0.3) is 0 Å². The van der Waals surface area contributed by atoms with Gasteiger partial charge in [0.1, 0.15) is 0 Å². The summed E-state index contributed by atoms with van der Waals surface area (Å²) in [5.74, 6) is 0.247. The molecule has 0 saturated heterocycles. The number of ketones is 1. The number of carbonyl (C=O) groups is 1. The number of nitrogens with one attached hydrogen (secondary N) is 6. The molecule has 0 fully saturated rings. The Morgan fingerprint density at radius 1 is 0.525 bits per heavy atom. The minimum atomic E-state index is -0.700. The predicted octanol–water partition coefficient (Wildman–Crippen LogP) is 5.12. The van der Waals surface area contributed by atoms with Crippen molar-refractivity contribution in [1.29, 1.82) is 0 Å². The zero-order chi connectivity index (χ0) is 29.6. The summed E-state index contributed by atoms with van der Waals surface area (Å²) in [7, 11) is 11.8. The molecule has 7 heteroatoms. The Morgan fingerprint density at radius 2 is 0.875 bits per heavy atom. The van der Waals surface area contributed by atoms with Gasteiger partial charge in [-0.3, -0.25) is 4.79 Å². The number of allylic oxidation sites excluding steroid dienone is 12. The molecule has 2 rings (SSSR count). The first kappa shape index (κ1) is 33.1. The Hall–Kier alpha value is -3.09. The largest absolute Gasteiger partial charge is 0.392 e. The standard InChI is InChI=1S/C33H56N6O/c1-32(23-21-27(36-5)15-9-13-25(34-3)17-11-19-29(32)38-7)31(40)33(2)24-22-28(37-6)16-10-14-26(35-4)18-12-20-30(33)39-8/h15-20,34-39H,9-14,21-24H2,1-8H3. The maximum atomic E-state index is 15.1. The van der Waals surface area contributed by atoms with Crippen LogP contribution in [0, 0.1) is 10.8 Å². The molecule has 6 N–H and O–H groups in total. The van der Waals surface area contributed by atoms with E-state index >= 15 is 4.79 Å². The molecule has 2 atom stereocenters. The highest BCUT2D eigenvalue weighted by molar-refractivity contribution is 5.94. The van der Waals surface area contributed by atoms with Gasteiger partial charge in [-0.15, -0.1) is 0 Å². The zero-order valence-electron chi connectivity index (χ0n) is 26.4. The van der Waals surface area contributed by atoms with Crippen molar-refractivity contribution in [2.24, 2.45) is 10.8 Å². The Morgan fingerprint density at radius 3 is 1.20 bits per heavy atom. The number of hydrogen-bond acceptors (Lipinski definition) is 7. The van der Waals surface area contributed by atoms with Crippen LogP contribution in [-0.4, -0.2) is 48.1 Å². The quantitative estimate of drug-likeness (QED) is 0.249. The smallest absolute Gasteiger partial charge is 0.156 e. The summed E-state index contributed by atoms with van der Waals surface area (Å²) in [6.07, 6.45) is 21.9. The van der Waals surface area contributed by atoms with Crippen LogP contribution in [0.15, 0.2) is 70.6 Å². The van der Waals surface area contributed by atoms with E-state index in [4.69, 9.17) is 0 Å².